The quantitative estimate of drug-likeness (QED) is 0.611. The van der Waals surface area contributed by atoms with Gasteiger partial charge in [0.25, 0.3) is 5.91 Å². The van der Waals surface area contributed by atoms with Gasteiger partial charge in [-0.2, -0.15) is 0 Å². The van der Waals surface area contributed by atoms with Gasteiger partial charge in [0.2, 0.25) is 0 Å². The van der Waals surface area contributed by atoms with Crippen LogP contribution in [0.5, 0.6) is 11.5 Å². The van der Waals surface area contributed by atoms with Gasteiger partial charge in [-0.15, -0.1) is 0 Å². The topological polar surface area (TPSA) is 51.1 Å². The number of carbonyl (C=O) groups excluding carboxylic acids is 1. The molecule has 0 saturated carbocycles. The molecule has 1 fully saturated rings. The predicted molar refractivity (Wildman–Crippen MR) is 115 cm³/mol. The molecule has 1 aliphatic heterocycles. The van der Waals surface area contributed by atoms with Gasteiger partial charge in [-0.3, -0.25) is 9.69 Å². The number of methoxy groups -OCH3 is 1. The minimum absolute atomic E-state index is 0.0496. The summed E-state index contributed by atoms with van der Waals surface area (Å²) in [6, 6.07) is 15.3. The lowest BCUT2D eigenvalue weighted by molar-refractivity contribution is -0.122. The lowest BCUT2D eigenvalue weighted by Gasteiger charge is -2.13. The molecule has 1 heterocycles. The molecule has 28 heavy (non-hydrogen) atoms. The summed E-state index contributed by atoms with van der Waals surface area (Å²) in [6.45, 7) is 5.14. The number of likely N-dealkylation sites (N-methyl/N-ethyl adjacent to an activating group) is 1. The van der Waals surface area contributed by atoms with Crippen molar-refractivity contribution in [2.75, 3.05) is 20.3 Å². The van der Waals surface area contributed by atoms with Crippen LogP contribution in [-0.2, 0) is 4.79 Å². The average molecular weight is 397 g/mol. The average Bonchev–Trinajstić information content (AvgIpc) is 3.01. The van der Waals surface area contributed by atoms with E-state index in [1.165, 1.54) is 11.8 Å². The molecule has 2 aromatic rings. The third-order valence-electron chi connectivity index (χ3n) is 4.15. The molecule has 0 spiro atoms. The van der Waals surface area contributed by atoms with E-state index in [1.807, 2.05) is 61.5 Å². The lowest BCUT2D eigenvalue weighted by atomic mass is 10.1. The molecular formula is C22H24N2O3S. The fraction of sp³-hybridized carbons (Fsp3) is 0.273. The number of amides is 1. The number of hydrogen-bond donors (Lipinski definition) is 0. The van der Waals surface area contributed by atoms with Gasteiger partial charge in [-0.25, -0.2) is 4.99 Å². The summed E-state index contributed by atoms with van der Waals surface area (Å²) in [5.74, 6) is 1.26. The molecule has 0 aromatic heterocycles. The zero-order valence-corrected chi connectivity index (χ0v) is 17.2. The van der Waals surface area contributed by atoms with Crippen LogP contribution in [0.3, 0.4) is 0 Å². The number of benzene rings is 2. The molecule has 146 valence electrons. The Morgan fingerprint density at radius 1 is 1.11 bits per heavy atom. The Kier molecular flexibility index (Phi) is 6.76. The van der Waals surface area contributed by atoms with Crippen molar-refractivity contribution >= 4 is 34.6 Å². The summed E-state index contributed by atoms with van der Waals surface area (Å²) >= 11 is 1.38. The summed E-state index contributed by atoms with van der Waals surface area (Å²) in [6.07, 6.45) is 2.75. The number of nitrogens with zero attached hydrogens (tertiary/aromatic N) is 2. The first-order valence-electron chi connectivity index (χ1n) is 9.32. The first-order chi connectivity index (χ1) is 13.7. The summed E-state index contributed by atoms with van der Waals surface area (Å²) in [7, 11) is 1.62. The first kappa shape index (κ1) is 20.0. The Morgan fingerprint density at radius 2 is 1.89 bits per heavy atom. The number of ether oxygens (including phenoxy) is 2. The van der Waals surface area contributed by atoms with Crippen molar-refractivity contribution in [1.29, 1.82) is 0 Å². The molecule has 1 saturated heterocycles. The molecule has 1 aliphatic rings. The van der Waals surface area contributed by atoms with Crippen molar-refractivity contribution in [3.8, 4) is 11.5 Å². The maximum atomic E-state index is 12.9. The summed E-state index contributed by atoms with van der Waals surface area (Å²) < 4.78 is 11.3. The van der Waals surface area contributed by atoms with Crippen LogP contribution in [-0.4, -0.2) is 36.2 Å². The second kappa shape index (κ2) is 9.46. The molecule has 5 nitrogen and oxygen atoms in total. The molecule has 0 N–H and O–H groups in total. The molecule has 0 radical (unpaired) electrons. The smallest absolute Gasteiger partial charge is 0.266 e. The highest BCUT2D eigenvalue weighted by molar-refractivity contribution is 8.18. The van der Waals surface area contributed by atoms with E-state index in [4.69, 9.17) is 9.47 Å². The normalized spacial score (nSPS) is 16.8. The number of para-hydroxylation sites is 2. The van der Waals surface area contributed by atoms with Gasteiger partial charge in [0, 0.05) is 12.1 Å². The molecule has 3 rings (SSSR count). The van der Waals surface area contributed by atoms with Crippen LogP contribution in [0.15, 0.2) is 58.4 Å². The van der Waals surface area contributed by atoms with Crippen molar-refractivity contribution in [2.45, 2.75) is 20.3 Å². The fourth-order valence-corrected chi connectivity index (χ4v) is 3.84. The van der Waals surface area contributed by atoms with Crippen LogP contribution in [0.4, 0.5) is 5.69 Å². The van der Waals surface area contributed by atoms with Crippen LogP contribution >= 0.6 is 11.8 Å². The highest BCUT2D eigenvalue weighted by Crippen LogP contribution is 2.38. The summed E-state index contributed by atoms with van der Waals surface area (Å²) in [5.41, 5.74) is 1.64. The Labute approximate surface area is 170 Å². The van der Waals surface area contributed by atoms with E-state index < -0.39 is 0 Å². The summed E-state index contributed by atoms with van der Waals surface area (Å²) in [5, 5.41) is 0.684. The minimum atomic E-state index is -0.0496. The van der Waals surface area contributed by atoms with E-state index in [0.717, 1.165) is 17.7 Å². The van der Waals surface area contributed by atoms with Crippen LogP contribution < -0.4 is 9.47 Å². The van der Waals surface area contributed by atoms with Crippen molar-refractivity contribution in [2.24, 2.45) is 4.99 Å². The van der Waals surface area contributed by atoms with Gasteiger partial charge < -0.3 is 9.47 Å². The molecule has 2 aromatic carbocycles. The van der Waals surface area contributed by atoms with Crippen LogP contribution in [0.1, 0.15) is 25.8 Å². The van der Waals surface area contributed by atoms with E-state index >= 15 is 0 Å². The second-order valence-electron chi connectivity index (χ2n) is 6.12. The van der Waals surface area contributed by atoms with Crippen LogP contribution in [0, 0.1) is 0 Å². The molecule has 0 unspecified atom stereocenters. The van der Waals surface area contributed by atoms with Gasteiger partial charge >= 0.3 is 0 Å². The molecule has 0 atom stereocenters. The van der Waals surface area contributed by atoms with Crippen LogP contribution in [0.2, 0.25) is 0 Å². The highest BCUT2D eigenvalue weighted by atomic mass is 32.2. The Balaban J connectivity index is 1.97. The lowest BCUT2D eigenvalue weighted by Crippen LogP contribution is -2.28. The van der Waals surface area contributed by atoms with Crippen LogP contribution in [0.25, 0.3) is 6.08 Å². The Morgan fingerprint density at radius 3 is 2.57 bits per heavy atom. The highest BCUT2D eigenvalue weighted by Gasteiger charge is 2.32. The van der Waals surface area contributed by atoms with E-state index in [-0.39, 0.29) is 5.91 Å². The zero-order valence-electron chi connectivity index (χ0n) is 16.3. The second-order valence-corrected chi connectivity index (χ2v) is 7.13. The van der Waals surface area contributed by atoms with Gasteiger partial charge in [0.1, 0.15) is 0 Å². The predicted octanol–water partition coefficient (Wildman–Crippen LogP) is 5.11. The van der Waals surface area contributed by atoms with E-state index in [1.54, 1.807) is 12.0 Å². The SMILES string of the molecule is CCCOc1c(/C=C2/SC(=Nc3ccccc3)N(CC)C2=O)cccc1OC. The molecule has 0 aliphatic carbocycles. The van der Waals surface area contributed by atoms with Gasteiger partial charge in [0.15, 0.2) is 16.7 Å². The molecule has 0 bridgehead atoms. The number of amidine groups is 1. The third kappa shape index (κ3) is 4.39. The maximum absolute atomic E-state index is 12.9. The van der Waals surface area contributed by atoms with E-state index in [0.29, 0.717) is 34.7 Å². The molecule has 6 heteroatoms. The maximum Gasteiger partial charge on any atom is 0.266 e. The largest absolute Gasteiger partial charge is 0.493 e. The van der Waals surface area contributed by atoms with Crippen molar-refractivity contribution in [3.63, 3.8) is 0 Å². The van der Waals surface area contributed by atoms with Gasteiger partial charge in [-0.1, -0.05) is 37.3 Å². The standard InChI is InChI=1S/C22H24N2O3S/c1-4-14-27-20-16(10-9-13-18(20)26-3)15-19-21(25)24(5-2)22(28-19)23-17-11-7-6-8-12-17/h6-13,15H,4-5,14H2,1-3H3/b19-15+,23-22?. The minimum Gasteiger partial charge on any atom is -0.493 e. The van der Waals surface area contributed by atoms with Crippen molar-refractivity contribution < 1.29 is 14.3 Å². The van der Waals surface area contributed by atoms with Crippen molar-refractivity contribution in [3.05, 3.63) is 59.0 Å². The van der Waals surface area contributed by atoms with E-state index in [2.05, 4.69) is 11.9 Å². The molecular weight excluding hydrogens is 372 g/mol. The van der Waals surface area contributed by atoms with Crippen molar-refractivity contribution in [1.82, 2.24) is 4.90 Å². The number of carbonyl (C=O) groups is 1. The Bertz CT molecular complexity index is 894. The Hall–Kier alpha value is -2.73. The number of thioether (sulfide) groups is 1. The zero-order chi connectivity index (χ0) is 19.9. The van der Waals surface area contributed by atoms with Gasteiger partial charge in [0.05, 0.1) is 24.3 Å². The number of aliphatic imine (C=N–C) groups is 1. The number of hydrogen-bond acceptors (Lipinski definition) is 5. The fourth-order valence-electron chi connectivity index (χ4n) is 2.79. The first-order valence-corrected chi connectivity index (χ1v) is 10.1. The monoisotopic (exact) mass is 396 g/mol. The number of rotatable bonds is 7. The molecule has 1 amide bonds. The van der Waals surface area contributed by atoms with E-state index in [9.17, 15) is 4.79 Å². The summed E-state index contributed by atoms with van der Waals surface area (Å²) in [4.78, 5) is 19.9. The third-order valence-corrected chi connectivity index (χ3v) is 5.16. The van der Waals surface area contributed by atoms with Gasteiger partial charge in [-0.05, 0) is 49.4 Å².